The van der Waals surface area contributed by atoms with Crippen molar-refractivity contribution in [3.05, 3.63) is 42.0 Å². The maximum atomic E-state index is 12.2. The second kappa shape index (κ2) is 5.35. The highest BCUT2D eigenvalue weighted by atomic mass is 32.2. The van der Waals surface area contributed by atoms with Crippen LogP contribution >= 0.6 is 0 Å². The Kier molecular flexibility index (Phi) is 3.81. The van der Waals surface area contributed by atoms with Crippen LogP contribution in [0.4, 0.5) is 5.69 Å². The van der Waals surface area contributed by atoms with Gasteiger partial charge in [0, 0.05) is 37.3 Å². The molecule has 1 aromatic heterocycles. The predicted octanol–water partition coefficient (Wildman–Crippen LogP) is 1.66. The summed E-state index contributed by atoms with van der Waals surface area (Å²) < 4.78 is 14.1. The molecule has 0 aliphatic heterocycles. The van der Waals surface area contributed by atoms with Crippen LogP contribution in [0, 0.1) is 6.92 Å². The molecule has 0 spiro atoms. The quantitative estimate of drug-likeness (QED) is 0.853. The zero-order valence-corrected chi connectivity index (χ0v) is 11.4. The first-order chi connectivity index (χ1) is 8.58. The van der Waals surface area contributed by atoms with Gasteiger partial charge in [0.15, 0.2) is 0 Å². The molecule has 2 rings (SSSR count). The molecule has 1 aromatic carbocycles. The molecule has 18 heavy (non-hydrogen) atoms. The van der Waals surface area contributed by atoms with E-state index < -0.39 is 10.8 Å². The van der Waals surface area contributed by atoms with Crippen molar-refractivity contribution in [1.82, 2.24) is 9.55 Å². The number of aromatic nitrogens is 2. The van der Waals surface area contributed by atoms with Crippen molar-refractivity contribution in [2.45, 2.75) is 18.2 Å². The van der Waals surface area contributed by atoms with Gasteiger partial charge < -0.3 is 10.3 Å². The van der Waals surface area contributed by atoms with Crippen molar-refractivity contribution >= 4 is 16.5 Å². The predicted molar refractivity (Wildman–Crippen MR) is 73.8 cm³/mol. The highest BCUT2D eigenvalue weighted by molar-refractivity contribution is 7.85. The highest BCUT2D eigenvalue weighted by Crippen LogP contribution is 2.18. The first-order valence-corrected chi connectivity index (χ1v) is 7.10. The lowest BCUT2D eigenvalue weighted by Crippen LogP contribution is -2.07. The maximum Gasteiger partial charge on any atom is 0.109 e. The number of nitrogens with zero attached hydrogens (tertiary/aromatic N) is 2. The Morgan fingerprint density at radius 1 is 1.44 bits per heavy atom. The molecule has 1 atom stereocenters. The normalized spacial score (nSPS) is 12.6. The van der Waals surface area contributed by atoms with E-state index in [-0.39, 0.29) is 0 Å². The van der Waals surface area contributed by atoms with Crippen molar-refractivity contribution in [3.63, 3.8) is 0 Å². The van der Waals surface area contributed by atoms with Crippen molar-refractivity contribution < 1.29 is 4.21 Å². The average molecular weight is 263 g/mol. The first-order valence-electron chi connectivity index (χ1n) is 5.78. The summed E-state index contributed by atoms with van der Waals surface area (Å²) >= 11 is 0. The van der Waals surface area contributed by atoms with Gasteiger partial charge in [-0.05, 0) is 24.6 Å². The summed E-state index contributed by atoms with van der Waals surface area (Å²) in [6.07, 6.45) is 4.32. The topological polar surface area (TPSA) is 60.9 Å². The molecule has 0 bridgehead atoms. The Hall–Kier alpha value is -1.62. The molecule has 0 aliphatic rings. The number of aryl methyl sites for hydroxylation is 3. The molecular formula is C13H17N3OS. The number of imidazole rings is 1. The van der Waals surface area contributed by atoms with Crippen LogP contribution in [0.3, 0.4) is 0 Å². The van der Waals surface area contributed by atoms with Crippen molar-refractivity contribution in [2.75, 3.05) is 11.5 Å². The van der Waals surface area contributed by atoms with Gasteiger partial charge in [-0.2, -0.15) is 0 Å². The van der Waals surface area contributed by atoms with E-state index in [9.17, 15) is 4.21 Å². The number of nitrogens with two attached hydrogens (primary N) is 1. The summed E-state index contributed by atoms with van der Waals surface area (Å²) in [5, 5.41) is 0. The molecule has 0 fully saturated rings. The van der Waals surface area contributed by atoms with E-state index in [1.54, 1.807) is 6.20 Å². The minimum absolute atomic E-state index is 0.540. The zero-order chi connectivity index (χ0) is 13.1. The number of nitrogen functional groups attached to an aromatic ring is 1. The van der Waals surface area contributed by atoms with Crippen LogP contribution in [0.5, 0.6) is 0 Å². The standard InChI is InChI=1S/C13H17N3OS/c1-10-3-4-12(11(14)9-10)18(17)8-5-13-15-6-7-16(13)2/h3-4,6-7,9H,5,8,14H2,1-2H3. The number of hydrogen-bond donors (Lipinski definition) is 1. The summed E-state index contributed by atoms with van der Waals surface area (Å²) in [4.78, 5) is 4.93. The smallest absolute Gasteiger partial charge is 0.109 e. The highest BCUT2D eigenvalue weighted by Gasteiger charge is 2.09. The van der Waals surface area contributed by atoms with Crippen LogP contribution in [0.25, 0.3) is 0 Å². The lowest BCUT2D eigenvalue weighted by atomic mass is 10.2. The van der Waals surface area contributed by atoms with Crippen LogP contribution in [0.2, 0.25) is 0 Å². The summed E-state index contributed by atoms with van der Waals surface area (Å²) in [7, 11) is 0.862. The summed E-state index contributed by atoms with van der Waals surface area (Å²) in [5.74, 6) is 1.48. The minimum Gasteiger partial charge on any atom is -0.398 e. The molecule has 0 radical (unpaired) electrons. The van der Waals surface area contributed by atoms with E-state index in [4.69, 9.17) is 5.73 Å². The molecule has 96 valence electrons. The number of anilines is 1. The van der Waals surface area contributed by atoms with E-state index in [0.717, 1.165) is 16.3 Å². The third kappa shape index (κ3) is 2.79. The molecular weight excluding hydrogens is 246 g/mol. The lowest BCUT2D eigenvalue weighted by Gasteiger charge is -2.06. The fourth-order valence-corrected chi connectivity index (χ4v) is 2.94. The molecule has 0 saturated heterocycles. The minimum atomic E-state index is -1.07. The Bertz CT molecular complexity index is 577. The van der Waals surface area contributed by atoms with Gasteiger partial charge in [-0.15, -0.1) is 0 Å². The molecule has 0 aliphatic carbocycles. The van der Waals surface area contributed by atoms with Crippen molar-refractivity contribution in [3.8, 4) is 0 Å². The van der Waals surface area contributed by atoms with E-state index in [2.05, 4.69) is 4.98 Å². The average Bonchev–Trinajstić information content (AvgIpc) is 2.72. The van der Waals surface area contributed by atoms with Crippen LogP contribution in [0.1, 0.15) is 11.4 Å². The fourth-order valence-electron chi connectivity index (χ4n) is 1.81. The Labute approximate surface area is 109 Å². The van der Waals surface area contributed by atoms with Crippen LogP contribution in [-0.4, -0.2) is 19.5 Å². The molecule has 1 heterocycles. The second-order valence-electron chi connectivity index (χ2n) is 4.30. The lowest BCUT2D eigenvalue weighted by molar-refractivity contribution is 0.680. The summed E-state index contributed by atoms with van der Waals surface area (Å²) in [6.45, 7) is 1.97. The number of rotatable bonds is 4. The van der Waals surface area contributed by atoms with Gasteiger partial charge in [-0.1, -0.05) is 6.07 Å². The molecule has 4 nitrogen and oxygen atoms in total. The molecule has 5 heteroatoms. The fraction of sp³-hybridized carbons (Fsp3) is 0.308. The largest absolute Gasteiger partial charge is 0.398 e. The summed E-state index contributed by atoms with van der Waals surface area (Å²) in [6, 6.07) is 5.64. The van der Waals surface area contributed by atoms with Crippen molar-refractivity contribution in [1.29, 1.82) is 0 Å². The second-order valence-corrected chi connectivity index (χ2v) is 5.83. The van der Waals surface area contributed by atoms with E-state index in [1.807, 2.05) is 42.9 Å². The number of benzene rings is 1. The number of hydrogen-bond acceptors (Lipinski definition) is 3. The van der Waals surface area contributed by atoms with Gasteiger partial charge in [0.05, 0.1) is 15.7 Å². The first kappa shape index (κ1) is 12.8. The summed E-state index contributed by atoms with van der Waals surface area (Å²) in [5.41, 5.74) is 7.57. The molecule has 2 N–H and O–H groups in total. The zero-order valence-electron chi connectivity index (χ0n) is 10.6. The van der Waals surface area contributed by atoms with E-state index in [0.29, 0.717) is 17.9 Å². The van der Waals surface area contributed by atoms with Crippen LogP contribution in [-0.2, 0) is 24.3 Å². The van der Waals surface area contributed by atoms with E-state index >= 15 is 0 Å². The molecule has 2 aromatic rings. The van der Waals surface area contributed by atoms with Gasteiger partial charge in [0.25, 0.3) is 0 Å². The monoisotopic (exact) mass is 263 g/mol. The van der Waals surface area contributed by atoms with Crippen LogP contribution in [0.15, 0.2) is 35.5 Å². The van der Waals surface area contributed by atoms with Gasteiger partial charge in [0.1, 0.15) is 5.82 Å². The third-order valence-electron chi connectivity index (χ3n) is 2.84. The molecule has 0 amide bonds. The van der Waals surface area contributed by atoms with E-state index in [1.165, 1.54) is 0 Å². The third-order valence-corrected chi connectivity index (χ3v) is 4.28. The Morgan fingerprint density at radius 3 is 2.83 bits per heavy atom. The SMILES string of the molecule is Cc1ccc(S(=O)CCc2nccn2C)c(N)c1. The van der Waals surface area contributed by atoms with Crippen LogP contribution < -0.4 is 5.73 Å². The molecule has 0 saturated carbocycles. The van der Waals surface area contributed by atoms with Crippen molar-refractivity contribution in [2.24, 2.45) is 7.05 Å². The van der Waals surface area contributed by atoms with Gasteiger partial charge in [-0.25, -0.2) is 4.98 Å². The molecule has 1 unspecified atom stereocenters. The van der Waals surface area contributed by atoms with Gasteiger partial charge >= 0.3 is 0 Å². The van der Waals surface area contributed by atoms with Gasteiger partial charge in [0.2, 0.25) is 0 Å². The van der Waals surface area contributed by atoms with Gasteiger partial charge in [-0.3, -0.25) is 4.21 Å². The Morgan fingerprint density at radius 2 is 2.22 bits per heavy atom. The Balaban J connectivity index is 2.06. The maximum absolute atomic E-state index is 12.2.